The highest BCUT2D eigenvalue weighted by Crippen LogP contribution is 2.19. The van der Waals surface area contributed by atoms with E-state index in [1.165, 1.54) is 0 Å². The maximum Gasteiger partial charge on any atom is 0.227 e. The molecule has 1 heterocycles. The summed E-state index contributed by atoms with van der Waals surface area (Å²) >= 11 is 0. The minimum Gasteiger partial charge on any atom is -0.497 e. The molecule has 1 aliphatic rings. The summed E-state index contributed by atoms with van der Waals surface area (Å²) in [6, 6.07) is 7.51. The van der Waals surface area contributed by atoms with Gasteiger partial charge in [-0.25, -0.2) is 0 Å². The molecule has 0 aliphatic carbocycles. The molecule has 1 aromatic carbocycles. The fraction of sp³-hybridized carbons (Fsp3) is 0.529. The Morgan fingerprint density at radius 1 is 1.43 bits per heavy atom. The third-order valence-electron chi connectivity index (χ3n) is 4.08. The Bertz CT molecular complexity index is 548. The van der Waals surface area contributed by atoms with Crippen LogP contribution in [-0.2, 0) is 16.0 Å². The van der Waals surface area contributed by atoms with Crippen LogP contribution < -0.4 is 15.8 Å². The Hall–Kier alpha value is -2.08. The number of carbonyl (C=O) groups is 2. The van der Waals surface area contributed by atoms with Crippen LogP contribution in [0.2, 0.25) is 0 Å². The van der Waals surface area contributed by atoms with E-state index in [-0.39, 0.29) is 17.7 Å². The quantitative estimate of drug-likeness (QED) is 0.802. The Labute approximate surface area is 137 Å². The van der Waals surface area contributed by atoms with Crippen LogP contribution in [0.4, 0.5) is 0 Å². The minimum absolute atomic E-state index is 0.00525. The van der Waals surface area contributed by atoms with Crippen molar-refractivity contribution in [3.05, 3.63) is 29.8 Å². The number of amides is 2. The van der Waals surface area contributed by atoms with Gasteiger partial charge in [0.25, 0.3) is 0 Å². The van der Waals surface area contributed by atoms with Gasteiger partial charge in [0.2, 0.25) is 11.8 Å². The summed E-state index contributed by atoms with van der Waals surface area (Å²) < 4.78 is 5.18. The number of ether oxygens (including phenoxy) is 1. The maximum atomic E-state index is 12.5. The van der Waals surface area contributed by atoms with E-state index in [1.54, 1.807) is 12.0 Å². The number of methoxy groups -OCH3 is 1. The van der Waals surface area contributed by atoms with Crippen molar-refractivity contribution < 1.29 is 14.3 Å². The predicted octanol–water partition coefficient (Wildman–Crippen LogP) is 0.551. The Morgan fingerprint density at radius 3 is 3.00 bits per heavy atom. The van der Waals surface area contributed by atoms with Crippen molar-refractivity contribution in [1.29, 1.82) is 0 Å². The fourth-order valence-electron chi connectivity index (χ4n) is 2.83. The molecule has 0 bridgehead atoms. The van der Waals surface area contributed by atoms with E-state index in [9.17, 15) is 9.59 Å². The first-order valence-electron chi connectivity index (χ1n) is 8.02. The molecule has 2 amide bonds. The number of hydrogen-bond donors (Lipinski definition) is 2. The molecule has 1 aromatic rings. The Kier molecular flexibility index (Phi) is 6.40. The topological polar surface area (TPSA) is 84.7 Å². The largest absolute Gasteiger partial charge is 0.497 e. The summed E-state index contributed by atoms with van der Waals surface area (Å²) in [7, 11) is 1.61. The highest BCUT2D eigenvalue weighted by molar-refractivity contribution is 5.82. The van der Waals surface area contributed by atoms with Gasteiger partial charge in [0.1, 0.15) is 5.75 Å². The van der Waals surface area contributed by atoms with E-state index in [0.29, 0.717) is 32.6 Å². The Balaban J connectivity index is 1.92. The first kappa shape index (κ1) is 17.3. The summed E-state index contributed by atoms with van der Waals surface area (Å²) in [6.45, 7) is 2.10. The van der Waals surface area contributed by atoms with E-state index in [4.69, 9.17) is 10.5 Å². The minimum atomic E-state index is -0.135. The molecule has 1 aliphatic heterocycles. The van der Waals surface area contributed by atoms with Crippen LogP contribution in [0.5, 0.6) is 5.75 Å². The van der Waals surface area contributed by atoms with Crippen molar-refractivity contribution in [2.75, 3.05) is 33.3 Å². The first-order chi connectivity index (χ1) is 11.1. The van der Waals surface area contributed by atoms with Gasteiger partial charge in [0.15, 0.2) is 0 Å². The SMILES string of the molecule is COc1cccc(CC(=O)N2CCCC(C(=O)NCCN)C2)c1. The normalized spacial score (nSPS) is 17.7. The van der Waals surface area contributed by atoms with E-state index in [1.807, 2.05) is 24.3 Å². The summed E-state index contributed by atoms with van der Waals surface area (Å²) in [5, 5.41) is 2.81. The van der Waals surface area contributed by atoms with Gasteiger partial charge in [-0.3, -0.25) is 9.59 Å². The van der Waals surface area contributed by atoms with Crippen LogP contribution >= 0.6 is 0 Å². The van der Waals surface area contributed by atoms with Crippen LogP contribution in [0.15, 0.2) is 24.3 Å². The van der Waals surface area contributed by atoms with Crippen LogP contribution in [0.3, 0.4) is 0 Å². The number of nitrogens with zero attached hydrogens (tertiary/aromatic N) is 1. The molecule has 23 heavy (non-hydrogen) atoms. The number of benzene rings is 1. The smallest absolute Gasteiger partial charge is 0.227 e. The number of nitrogens with two attached hydrogens (primary N) is 1. The zero-order chi connectivity index (χ0) is 16.7. The van der Waals surface area contributed by atoms with Crippen LogP contribution in [0.25, 0.3) is 0 Å². The molecule has 3 N–H and O–H groups in total. The molecule has 0 radical (unpaired) electrons. The van der Waals surface area contributed by atoms with Crippen LogP contribution in [0, 0.1) is 5.92 Å². The molecule has 0 spiro atoms. The summed E-state index contributed by atoms with van der Waals surface area (Å²) in [6.07, 6.45) is 2.00. The average molecular weight is 319 g/mol. The molecular weight excluding hydrogens is 294 g/mol. The van der Waals surface area contributed by atoms with Crippen LogP contribution in [0.1, 0.15) is 18.4 Å². The molecule has 6 nitrogen and oxygen atoms in total. The van der Waals surface area contributed by atoms with Crippen LogP contribution in [-0.4, -0.2) is 50.0 Å². The van der Waals surface area contributed by atoms with Crippen molar-refractivity contribution in [1.82, 2.24) is 10.2 Å². The standard InChI is InChI=1S/C17H25N3O3/c1-23-15-6-2-4-13(10-15)11-16(21)20-9-3-5-14(12-20)17(22)19-8-7-18/h2,4,6,10,14H,3,5,7-9,11-12,18H2,1H3,(H,19,22). The van der Waals surface area contributed by atoms with Crippen molar-refractivity contribution in [3.63, 3.8) is 0 Å². The molecule has 1 saturated heterocycles. The van der Waals surface area contributed by atoms with E-state index >= 15 is 0 Å². The number of hydrogen-bond acceptors (Lipinski definition) is 4. The van der Waals surface area contributed by atoms with Crippen molar-refractivity contribution in [3.8, 4) is 5.75 Å². The maximum absolute atomic E-state index is 12.5. The highest BCUT2D eigenvalue weighted by atomic mass is 16.5. The predicted molar refractivity (Wildman–Crippen MR) is 88.1 cm³/mol. The van der Waals surface area contributed by atoms with Crippen molar-refractivity contribution >= 4 is 11.8 Å². The summed E-state index contributed by atoms with van der Waals surface area (Å²) in [4.78, 5) is 26.3. The van der Waals surface area contributed by atoms with E-state index < -0.39 is 0 Å². The molecule has 126 valence electrons. The molecular formula is C17H25N3O3. The van der Waals surface area contributed by atoms with E-state index in [0.717, 1.165) is 24.2 Å². The lowest BCUT2D eigenvalue weighted by molar-refractivity contribution is -0.135. The number of rotatable bonds is 6. The third-order valence-corrected chi connectivity index (χ3v) is 4.08. The zero-order valence-corrected chi connectivity index (χ0v) is 13.6. The third kappa shape index (κ3) is 4.96. The van der Waals surface area contributed by atoms with Gasteiger partial charge in [-0.15, -0.1) is 0 Å². The Morgan fingerprint density at radius 2 is 2.26 bits per heavy atom. The second-order valence-electron chi connectivity index (χ2n) is 5.79. The fourth-order valence-corrected chi connectivity index (χ4v) is 2.83. The highest BCUT2D eigenvalue weighted by Gasteiger charge is 2.28. The number of carbonyl (C=O) groups excluding carboxylic acids is 2. The second-order valence-corrected chi connectivity index (χ2v) is 5.79. The van der Waals surface area contributed by atoms with Gasteiger partial charge in [-0.1, -0.05) is 12.1 Å². The average Bonchev–Trinajstić information content (AvgIpc) is 2.59. The molecule has 1 unspecified atom stereocenters. The molecule has 1 fully saturated rings. The van der Waals surface area contributed by atoms with Gasteiger partial charge >= 0.3 is 0 Å². The second kappa shape index (κ2) is 8.53. The number of likely N-dealkylation sites (tertiary alicyclic amines) is 1. The number of piperidine rings is 1. The van der Waals surface area contributed by atoms with Gasteiger partial charge in [-0.2, -0.15) is 0 Å². The summed E-state index contributed by atoms with van der Waals surface area (Å²) in [5.74, 6) is 0.654. The van der Waals surface area contributed by atoms with Crippen molar-refractivity contribution in [2.24, 2.45) is 11.7 Å². The molecule has 2 rings (SSSR count). The molecule has 1 atom stereocenters. The molecule has 0 aromatic heterocycles. The first-order valence-corrected chi connectivity index (χ1v) is 8.02. The lowest BCUT2D eigenvalue weighted by atomic mass is 9.96. The van der Waals surface area contributed by atoms with Gasteiger partial charge in [-0.05, 0) is 30.5 Å². The van der Waals surface area contributed by atoms with Crippen molar-refractivity contribution in [2.45, 2.75) is 19.3 Å². The molecule has 0 saturated carbocycles. The summed E-state index contributed by atoms with van der Waals surface area (Å²) in [5.41, 5.74) is 6.32. The molecule has 6 heteroatoms. The van der Waals surface area contributed by atoms with Gasteiger partial charge in [0, 0.05) is 26.2 Å². The lowest BCUT2D eigenvalue weighted by Crippen LogP contribution is -2.46. The van der Waals surface area contributed by atoms with Gasteiger partial charge < -0.3 is 20.7 Å². The number of nitrogens with one attached hydrogen (secondary N) is 1. The monoisotopic (exact) mass is 319 g/mol. The van der Waals surface area contributed by atoms with E-state index in [2.05, 4.69) is 5.32 Å². The lowest BCUT2D eigenvalue weighted by Gasteiger charge is -2.32. The zero-order valence-electron chi connectivity index (χ0n) is 13.6. The van der Waals surface area contributed by atoms with Gasteiger partial charge in [0.05, 0.1) is 19.4 Å².